The van der Waals surface area contributed by atoms with E-state index < -0.39 is 4.92 Å². The van der Waals surface area contributed by atoms with Gasteiger partial charge in [0.1, 0.15) is 6.61 Å². The minimum absolute atomic E-state index is 0.0116. The summed E-state index contributed by atoms with van der Waals surface area (Å²) in [5.74, 6) is 0.231. The number of benzene rings is 1. The second-order valence-corrected chi connectivity index (χ2v) is 6.34. The predicted octanol–water partition coefficient (Wildman–Crippen LogP) is 3.68. The van der Waals surface area contributed by atoms with Gasteiger partial charge in [-0.2, -0.15) is 0 Å². The summed E-state index contributed by atoms with van der Waals surface area (Å²) in [5.41, 5.74) is 0.753. The molecule has 110 valence electrons. The summed E-state index contributed by atoms with van der Waals surface area (Å²) in [7, 11) is 0. The molecule has 0 fully saturated rings. The first kappa shape index (κ1) is 16.7. The Morgan fingerprint density at radius 3 is 2.70 bits per heavy atom. The molecule has 0 aliphatic heterocycles. The van der Waals surface area contributed by atoms with Crippen LogP contribution < -0.4 is 10.1 Å². The molecule has 0 bridgehead atoms. The van der Waals surface area contributed by atoms with Crippen molar-refractivity contribution in [3.8, 4) is 5.75 Å². The van der Waals surface area contributed by atoms with Crippen molar-refractivity contribution in [2.45, 2.75) is 26.3 Å². The SMILES string of the molecule is C=C(CNC(C)(C)C)COc1c(Br)cccc1[N+](=O)[O-]. The highest BCUT2D eigenvalue weighted by atomic mass is 79.9. The third-order valence-corrected chi connectivity index (χ3v) is 3.06. The minimum Gasteiger partial charge on any atom is -0.481 e. The summed E-state index contributed by atoms with van der Waals surface area (Å²) in [4.78, 5) is 10.5. The number of nitro groups is 1. The lowest BCUT2D eigenvalue weighted by Crippen LogP contribution is -2.37. The van der Waals surface area contributed by atoms with E-state index in [1.165, 1.54) is 6.07 Å². The van der Waals surface area contributed by atoms with E-state index in [2.05, 4.69) is 48.6 Å². The zero-order valence-corrected chi connectivity index (χ0v) is 13.5. The highest BCUT2D eigenvalue weighted by Gasteiger charge is 2.18. The monoisotopic (exact) mass is 342 g/mol. The highest BCUT2D eigenvalue weighted by molar-refractivity contribution is 9.10. The molecule has 0 saturated carbocycles. The van der Waals surface area contributed by atoms with Crippen molar-refractivity contribution in [1.82, 2.24) is 5.32 Å². The topological polar surface area (TPSA) is 64.4 Å². The molecule has 0 saturated heterocycles. The summed E-state index contributed by atoms with van der Waals surface area (Å²) in [6, 6.07) is 4.72. The van der Waals surface area contributed by atoms with Crippen LogP contribution in [0.4, 0.5) is 5.69 Å². The van der Waals surface area contributed by atoms with Gasteiger partial charge in [0, 0.05) is 18.2 Å². The predicted molar refractivity (Wildman–Crippen MR) is 83.2 cm³/mol. The molecule has 1 aromatic carbocycles. The Kier molecular flexibility index (Phi) is 5.71. The lowest BCUT2D eigenvalue weighted by molar-refractivity contribution is -0.385. The lowest BCUT2D eigenvalue weighted by atomic mass is 10.1. The molecule has 0 aromatic heterocycles. The van der Waals surface area contributed by atoms with Crippen molar-refractivity contribution in [2.75, 3.05) is 13.2 Å². The van der Waals surface area contributed by atoms with Crippen molar-refractivity contribution in [3.05, 3.63) is 44.9 Å². The Bertz CT molecular complexity index is 510. The first-order valence-electron chi connectivity index (χ1n) is 6.18. The molecule has 1 N–H and O–H groups in total. The van der Waals surface area contributed by atoms with Crippen molar-refractivity contribution in [2.24, 2.45) is 0 Å². The Morgan fingerprint density at radius 2 is 2.15 bits per heavy atom. The molecular weight excluding hydrogens is 324 g/mol. The Morgan fingerprint density at radius 1 is 1.50 bits per heavy atom. The molecule has 0 heterocycles. The zero-order valence-electron chi connectivity index (χ0n) is 11.9. The van der Waals surface area contributed by atoms with E-state index in [0.29, 0.717) is 11.0 Å². The molecule has 0 atom stereocenters. The van der Waals surface area contributed by atoms with E-state index in [9.17, 15) is 10.1 Å². The fourth-order valence-corrected chi connectivity index (χ4v) is 1.87. The number of hydrogen-bond acceptors (Lipinski definition) is 4. The molecule has 0 amide bonds. The van der Waals surface area contributed by atoms with E-state index >= 15 is 0 Å². The molecule has 5 nitrogen and oxygen atoms in total. The van der Waals surface area contributed by atoms with Gasteiger partial charge in [-0.15, -0.1) is 0 Å². The normalized spacial score (nSPS) is 11.2. The van der Waals surface area contributed by atoms with Gasteiger partial charge in [0.2, 0.25) is 5.75 Å². The van der Waals surface area contributed by atoms with Crippen LogP contribution in [0.1, 0.15) is 20.8 Å². The molecule has 0 aliphatic carbocycles. The number of nitro benzene ring substituents is 1. The number of para-hydroxylation sites is 1. The molecule has 1 aromatic rings. The second kappa shape index (κ2) is 6.85. The van der Waals surface area contributed by atoms with Crippen LogP contribution in [0.2, 0.25) is 0 Å². The fourth-order valence-electron chi connectivity index (χ4n) is 1.40. The highest BCUT2D eigenvalue weighted by Crippen LogP contribution is 2.34. The standard InChI is InChI=1S/C14H19BrN2O3/c1-10(8-16-14(2,3)4)9-20-13-11(15)6-5-7-12(13)17(18)19/h5-7,16H,1,8-9H2,2-4H3. The molecule has 20 heavy (non-hydrogen) atoms. The Hall–Kier alpha value is -1.40. The van der Waals surface area contributed by atoms with Gasteiger partial charge in [-0.3, -0.25) is 10.1 Å². The maximum atomic E-state index is 10.9. The van der Waals surface area contributed by atoms with Gasteiger partial charge in [-0.1, -0.05) is 12.6 Å². The Balaban J connectivity index is 2.66. The Labute approximate surface area is 127 Å². The smallest absolute Gasteiger partial charge is 0.312 e. The molecule has 6 heteroatoms. The van der Waals surface area contributed by atoms with Crippen LogP contribution in [-0.4, -0.2) is 23.6 Å². The molecule has 0 aliphatic rings. The van der Waals surface area contributed by atoms with Gasteiger partial charge in [-0.25, -0.2) is 0 Å². The van der Waals surface area contributed by atoms with Crippen LogP contribution in [0.3, 0.4) is 0 Å². The van der Waals surface area contributed by atoms with E-state index in [0.717, 1.165) is 5.57 Å². The van der Waals surface area contributed by atoms with Gasteiger partial charge in [0.05, 0.1) is 9.40 Å². The van der Waals surface area contributed by atoms with Gasteiger partial charge in [0.25, 0.3) is 0 Å². The van der Waals surface area contributed by atoms with Crippen molar-refractivity contribution < 1.29 is 9.66 Å². The van der Waals surface area contributed by atoms with Gasteiger partial charge in [-0.05, 0) is 48.3 Å². The summed E-state index contributed by atoms with van der Waals surface area (Å²) in [6.45, 7) is 10.9. The lowest BCUT2D eigenvalue weighted by Gasteiger charge is -2.21. The average molecular weight is 343 g/mol. The third kappa shape index (κ3) is 5.30. The van der Waals surface area contributed by atoms with Crippen molar-refractivity contribution in [3.63, 3.8) is 0 Å². The van der Waals surface area contributed by atoms with Crippen molar-refractivity contribution >= 4 is 21.6 Å². The summed E-state index contributed by atoms with van der Waals surface area (Å²) < 4.78 is 6.09. The number of nitrogens with zero attached hydrogens (tertiary/aromatic N) is 1. The quantitative estimate of drug-likeness (QED) is 0.486. The molecule has 1 rings (SSSR count). The largest absolute Gasteiger partial charge is 0.481 e. The van der Waals surface area contributed by atoms with Crippen LogP contribution in [0.5, 0.6) is 5.75 Å². The number of nitrogens with one attached hydrogen (secondary N) is 1. The van der Waals surface area contributed by atoms with E-state index in [1.54, 1.807) is 12.1 Å². The fraction of sp³-hybridized carbons (Fsp3) is 0.429. The van der Waals surface area contributed by atoms with E-state index in [1.807, 2.05) is 0 Å². The summed E-state index contributed by atoms with van der Waals surface area (Å²) >= 11 is 3.26. The third-order valence-electron chi connectivity index (χ3n) is 2.43. The first-order chi connectivity index (χ1) is 9.20. The maximum Gasteiger partial charge on any atom is 0.312 e. The summed E-state index contributed by atoms with van der Waals surface area (Å²) in [5, 5.41) is 14.2. The average Bonchev–Trinajstić information content (AvgIpc) is 2.33. The number of hydrogen-bond donors (Lipinski definition) is 1. The molecule has 0 radical (unpaired) electrons. The van der Waals surface area contributed by atoms with E-state index in [-0.39, 0.29) is 23.6 Å². The van der Waals surface area contributed by atoms with Gasteiger partial charge < -0.3 is 10.1 Å². The van der Waals surface area contributed by atoms with Gasteiger partial charge in [0.15, 0.2) is 0 Å². The van der Waals surface area contributed by atoms with E-state index in [4.69, 9.17) is 4.74 Å². The number of rotatable bonds is 6. The van der Waals surface area contributed by atoms with Crippen LogP contribution in [0.15, 0.2) is 34.8 Å². The van der Waals surface area contributed by atoms with Crippen LogP contribution in [-0.2, 0) is 0 Å². The first-order valence-corrected chi connectivity index (χ1v) is 6.97. The van der Waals surface area contributed by atoms with Crippen LogP contribution >= 0.6 is 15.9 Å². The number of halogens is 1. The minimum atomic E-state index is -0.462. The molecular formula is C14H19BrN2O3. The molecule has 0 spiro atoms. The van der Waals surface area contributed by atoms with Crippen LogP contribution in [0.25, 0.3) is 0 Å². The van der Waals surface area contributed by atoms with Crippen molar-refractivity contribution in [1.29, 1.82) is 0 Å². The zero-order chi connectivity index (χ0) is 15.3. The second-order valence-electron chi connectivity index (χ2n) is 5.49. The summed E-state index contributed by atoms with van der Waals surface area (Å²) in [6.07, 6.45) is 0. The maximum absolute atomic E-state index is 10.9. The van der Waals surface area contributed by atoms with Crippen LogP contribution in [0, 0.1) is 10.1 Å². The molecule has 0 unspecified atom stereocenters. The number of ether oxygens (including phenoxy) is 1. The van der Waals surface area contributed by atoms with Gasteiger partial charge >= 0.3 is 5.69 Å².